The highest BCUT2D eigenvalue weighted by Gasteiger charge is 2.16. The summed E-state index contributed by atoms with van der Waals surface area (Å²) < 4.78 is 39.7. The van der Waals surface area contributed by atoms with Crippen LogP contribution in [-0.2, 0) is 10.0 Å². The Balaban J connectivity index is 2.35. The third-order valence-corrected chi connectivity index (χ3v) is 3.95. The summed E-state index contributed by atoms with van der Waals surface area (Å²) in [5.41, 5.74) is 1.17. The van der Waals surface area contributed by atoms with Crippen molar-refractivity contribution in [3.8, 4) is 0 Å². The molecule has 0 radical (unpaired) electrons. The minimum absolute atomic E-state index is 0.00899. The molecule has 0 aliphatic heterocycles. The van der Waals surface area contributed by atoms with E-state index in [1.165, 1.54) is 25.3 Å². The lowest BCUT2D eigenvalue weighted by atomic mass is 10.2. The van der Waals surface area contributed by atoms with Crippen LogP contribution in [0.25, 0.3) is 0 Å². The van der Waals surface area contributed by atoms with E-state index in [-0.39, 0.29) is 16.3 Å². The minimum Gasteiger partial charge on any atom is -0.263 e. The maximum Gasteiger partial charge on any atom is 0.263 e. The van der Waals surface area contributed by atoms with Gasteiger partial charge in [0.05, 0.1) is 4.90 Å². The van der Waals surface area contributed by atoms with Crippen molar-refractivity contribution in [3.63, 3.8) is 0 Å². The number of hydrogen-bond acceptors (Lipinski definition) is 3. The van der Waals surface area contributed by atoms with Crippen LogP contribution in [0.1, 0.15) is 11.1 Å². The van der Waals surface area contributed by atoms with Crippen LogP contribution in [0.2, 0.25) is 0 Å². The summed E-state index contributed by atoms with van der Waals surface area (Å²) in [6, 6.07) is 7.02. The van der Waals surface area contributed by atoms with Gasteiger partial charge in [-0.05, 0) is 55.3 Å². The maximum atomic E-state index is 13.1. The smallest absolute Gasteiger partial charge is 0.263 e. The first-order valence-corrected chi connectivity index (χ1v) is 7.08. The van der Waals surface area contributed by atoms with Crippen LogP contribution in [0.5, 0.6) is 0 Å². The van der Waals surface area contributed by atoms with Crippen molar-refractivity contribution in [1.82, 2.24) is 4.98 Å². The molecule has 1 heterocycles. The molecule has 0 atom stereocenters. The van der Waals surface area contributed by atoms with E-state index in [4.69, 9.17) is 0 Å². The van der Waals surface area contributed by atoms with Gasteiger partial charge in [0.15, 0.2) is 0 Å². The van der Waals surface area contributed by atoms with E-state index < -0.39 is 15.8 Å². The van der Waals surface area contributed by atoms with Crippen molar-refractivity contribution in [1.29, 1.82) is 0 Å². The van der Waals surface area contributed by atoms with E-state index in [2.05, 4.69) is 9.71 Å². The summed E-state index contributed by atoms with van der Waals surface area (Å²) in [5.74, 6) is -0.199. The molecule has 1 N–H and O–H groups in total. The van der Waals surface area contributed by atoms with Crippen molar-refractivity contribution >= 4 is 15.8 Å². The number of nitrogens with zero attached hydrogens (tertiary/aromatic N) is 1. The maximum absolute atomic E-state index is 13.1. The van der Waals surface area contributed by atoms with Gasteiger partial charge in [-0.15, -0.1) is 0 Å². The number of benzene rings is 1. The van der Waals surface area contributed by atoms with Gasteiger partial charge in [0.1, 0.15) is 11.6 Å². The Morgan fingerprint density at radius 1 is 1.16 bits per heavy atom. The number of anilines is 1. The van der Waals surface area contributed by atoms with E-state index in [1.54, 1.807) is 12.1 Å². The van der Waals surface area contributed by atoms with E-state index in [9.17, 15) is 12.8 Å². The van der Waals surface area contributed by atoms with Gasteiger partial charge in [0.25, 0.3) is 10.0 Å². The number of aryl methyl sites for hydroxylation is 2. The summed E-state index contributed by atoms with van der Waals surface area (Å²) in [6.07, 6.45) is 1.52. The molecular formula is C13H13FN2O2S. The van der Waals surface area contributed by atoms with E-state index >= 15 is 0 Å². The predicted molar refractivity (Wildman–Crippen MR) is 70.9 cm³/mol. The third kappa shape index (κ3) is 3.08. The van der Waals surface area contributed by atoms with Crippen LogP contribution < -0.4 is 4.72 Å². The molecule has 0 saturated carbocycles. The van der Waals surface area contributed by atoms with Crippen LogP contribution in [0.15, 0.2) is 41.4 Å². The van der Waals surface area contributed by atoms with Gasteiger partial charge in [-0.1, -0.05) is 0 Å². The lowest BCUT2D eigenvalue weighted by Gasteiger charge is -2.08. The number of halogens is 1. The summed E-state index contributed by atoms with van der Waals surface area (Å²) in [5, 5.41) is 0. The van der Waals surface area contributed by atoms with Crippen molar-refractivity contribution < 1.29 is 12.8 Å². The van der Waals surface area contributed by atoms with Crippen molar-refractivity contribution in [2.24, 2.45) is 0 Å². The van der Waals surface area contributed by atoms with Gasteiger partial charge in [-0.25, -0.2) is 17.8 Å². The molecule has 19 heavy (non-hydrogen) atoms. The largest absolute Gasteiger partial charge is 0.263 e. The zero-order chi connectivity index (χ0) is 14.0. The summed E-state index contributed by atoms with van der Waals surface area (Å²) in [7, 11) is -3.75. The predicted octanol–water partition coefficient (Wildman–Crippen LogP) is 2.64. The Morgan fingerprint density at radius 3 is 2.53 bits per heavy atom. The average Bonchev–Trinajstić information content (AvgIpc) is 2.32. The monoisotopic (exact) mass is 280 g/mol. The molecular weight excluding hydrogens is 267 g/mol. The Bertz CT molecular complexity index is 714. The zero-order valence-electron chi connectivity index (χ0n) is 10.5. The highest BCUT2D eigenvalue weighted by molar-refractivity contribution is 7.92. The first kappa shape index (κ1) is 13.5. The highest BCUT2D eigenvalue weighted by Crippen LogP contribution is 2.17. The fourth-order valence-corrected chi connectivity index (χ4v) is 2.66. The van der Waals surface area contributed by atoms with Crippen LogP contribution in [0.4, 0.5) is 10.2 Å². The Hall–Kier alpha value is -1.95. The topological polar surface area (TPSA) is 59.1 Å². The number of aromatic nitrogens is 1. The van der Waals surface area contributed by atoms with Crippen molar-refractivity contribution in [2.45, 2.75) is 18.7 Å². The van der Waals surface area contributed by atoms with E-state index in [0.717, 1.165) is 11.6 Å². The van der Waals surface area contributed by atoms with Crippen LogP contribution in [0, 0.1) is 19.7 Å². The number of nitrogens with one attached hydrogen (secondary N) is 1. The molecule has 0 aliphatic carbocycles. The molecule has 0 spiro atoms. The lowest BCUT2D eigenvalue weighted by Crippen LogP contribution is -2.14. The fourth-order valence-electron chi connectivity index (χ4n) is 1.57. The Kier molecular flexibility index (Phi) is 3.53. The number of rotatable bonds is 3. The molecule has 0 unspecified atom stereocenters. The van der Waals surface area contributed by atoms with Gasteiger partial charge >= 0.3 is 0 Å². The zero-order valence-corrected chi connectivity index (χ0v) is 11.3. The minimum atomic E-state index is -3.75. The van der Waals surface area contributed by atoms with Crippen LogP contribution in [-0.4, -0.2) is 13.4 Å². The van der Waals surface area contributed by atoms with Gasteiger partial charge in [-0.2, -0.15) is 0 Å². The van der Waals surface area contributed by atoms with Gasteiger partial charge < -0.3 is 0 Å². The molecule has 6 heteroatoms. The van der Waals surface area contributed by atoms with Gasteiger partial charge in [0.2, 0.25) is 0 Å². The quantitative estimate of drug-likeness (QED) is 0.940. The molecule has 2 aromatic rings. The number of hydrogen-bond donors (Lipinski definition) is 1. The fraction of sp³-hybridized carbons (Fsp3) is 0.154. The summed E-state index contributed by atoms with van der Waals surface area (Å²) >= 11 is 0. The second-order valence-corrected chi connectivity index (χ2v) is 5.92. The van der Waals surface area contributed by atoms with Crippen LogP contribution >= 0.6 is 0 Å². The molecule has 0 amide bonds. The molecule has 0 saturated heterocycles. The molecule has 1 aromatic heterocycles. The molecule has 4 nitrogen and oxygen atoms in total. The standard InChI is InChI=1S/C13H13FN2O2S/c1-9-5-6-15-13(7-9)16-19(17,18)11-3-4-12(14)10(2)8-11/h3-8H,1-2H3,(H,15,16). The molecule has 2 rings (SSSR count). The average molecular weight is 280 g/mol. The first-order valence-electron chi connectivity index (χ1n) is 5.60. The van der Waals surface area contributed by atoms with E-state index in [0.29, 0.717) is 0 Å². The lowest BCUT2D eigenvalue weighted by molar-refractivity contribution is 0.598. The number of pyridine rings is 1. The molecule has 100 valence electrons. The Labute approximate surface area is 111 Å². The Morgan fingerprint density at radius 2 is 1.89 bits per heavy atom. The van der Waals surface area contributed by atoms with Gasteiger partial charge in [0, 0.05) is 6.20 Å². The SMILES string of the molecule is Cc1ccnc(NS(=O)(=O)c2ccc(F)c(C)c2)c1. The molecule has 0 fully saturated rings. The first-order chi connectivity index (χ1) is 8.88. The number of sulfonamides is 1. The second kappa shape index (κ2) is 4.97. The van der Waals surface area contributed by atoms with Crippen molar-refractivity contribution in [3.05, 3.63) is 53.5 Å². The molecule has 1 aromatic carbocycles. The summed E-state index contributed by atoms with van der Waals surface area (Å²) in [6.45, 7) is 3.35. The van der Waals surface area contributed by atoms with Crippen LogP contribution in [0.3, 0.4) is 0 Å². The van der Waals surface area contributed by atoms with E-state index in [1.807, 2.05) is 6.92 Å². The normalized spacial score (nSPS) is 11.3. The molecule has 0 bridgehead atoms. The third-order valence-electron chi connectivity index (χ3n) is 2.59. The highest BCUT2D eigenvalue weighted by atomic mass is 32.2. The van der Waals surface area contributed by atoms with Crippen molar-refractivity contribution in [2.75, 3.05) is 4.72 Å². The molecule has 0 aliphatic rings. The second-order valence-electron chi connectivity index (χ2n) is 4.23. The van der Waals surface area contributed by atoms with Gasteiger partial charge in [-0.3, -0.25) is 4.72 Å². The summed E-state index contributed by atoms with van der Waals surface area (Å²) in [4.78, 5) is 3.93.